The fourth-order valence-corrected chi connectivity index (χ4v) is 5.23. The number of amides is 2. The van der Waals surface area contributed by atoms with Crippen molar-refractivity contribution < 1.29 is 33.7 Å². The van der Waals surface area contributed by atoms with Crippen LogP contribution in [0.15, 0.2) is 54.3 Å². The number of rotatable bonds is 6. The number of hydrogen-bond donors (Lipinski definition) is 4. The van der Waals surface area contributed by atoms with Gasteiger partial charge in [-0.05, 0) is 55.7 Å². The van der Waals surface area contributed by atoms with Crippen LogP contribution in [0.4, 0.5) is 10.1 Å². The number of hydrogen-bond acceptors (Lipinski definition) is 6. The highest BCUT2D eigenvalue weighted by atomic mass is 19.1. The molecule has 2 atom stereocenters. The van der Waals surface area contributed by atoms with Crippen LogP contribution >= 0.6 is 0 Å². The van der Waals surface area contributed by atoms with E-state index in [1.54, 1.807) is 0 Å². The summed E-state index contributed by atoms with van der Waals surface area (Å²) >= 11 is 0. The number of β-amino-alcohol motifs (C(OH)–C–C–N with tert-alkyl or cyclic N) is 1. The van der Waals surface area contributed by atoms with Crippen LogP contribution in [0.3, 0.4) is 0 Å². The van der Waals surface area contributed by atoms with Crippen molar-refractivity contribution in [2.24, 2.45) is 0 Å². The van der Waals surface area contributed by atoms with Crippen LogP contribution < -0.4 is 10.6 Å². The average molecular weight is 538 g/mol. The molecule has 4 N–H and O–H groups in total. The van der Waals surface area contributed by atoms with E-state index in [1.807, 2.05) is 49.1 Å². The summed E-state index contributed by atoms with van der Waals surface area (Å²) in [4.78, 5) is 37.8. The molecule has 0 aromatic heterocycles. The zero-order valence-corrected chi connectivity index (χ0v) is 21.0. The van der Waals surface area contributed by atoms with Gasteiger partial charge >= 0.3 is 5.97 Å². The maximum atomic E-state index is 13.9. The quantitative estimate of drug-likeness (QED) is 0.417. The summed E-state index contributed by atoms with van der Waals surface area (Å²) in [5, 5.41) is 24.1. The number of nitrogens with zero attached hydrogens (tertiary/aromatic N) is 1. The fraction of sp³-hybridized carbons (Fsp3) is 0.345. The molecule has 5 rings (SSSR count). The van der Waals surface area contributed by atoms with E-state index in [0.29, 0.717) is 35.7 Å². The Morgan fingerprint density at radius 3 is 2.62 bits per heavy atom. The van der Waals surface area contributed by atoms with E-state index >= 15 is 0 Å². The molecule has 1 saturated heterocycles. The highest BCUT2D eigenvalue weighted by Gasteiger charge is 2.39. The number of aliphatic hydroxyl groups is 1. The first-order valence-electron chi connectivity index (χ1n) is 12.3. The molecule has 3 aliphatic heterocycles. The number of likely N-dealkylation sites (tertiary alicyclic amines) is 1. The van der Waals surface area contributed by atoms with Crippen LogP contribution in [0, 0.1) is 5.82 Å². The van der Waals surface area contributed by atoms with E-state index in [-0.39, 0.29) is 19.8 Å². The number of carboxylic acid groups (broad SMARTS) is 1. The number of anilines is 1. The second-order valence-electron chi connectivity index (χ2n) is 10.2. The summed E-state index contributed by atoms with van der Waals surface area (Å²) in [5.74, 6) is -1.97. The molecule has 2 aromatic rings. The third-order valence-electron chi connectivity index (χ3n) is 7.01. The van der Waals surface area contributed by atoms with Gasteiger partial charge in [-0.3, -0.25) is 19.3 Å². The Bertz CT molecular complexity index is 1380. The Morgan fingerprint density at radius 2 is 1.92 bits per heavy atom. The van der Waals surface area contributed by atoms with Gasteiger partial charge in [0.2, 0.25) is 5.91 Å². The molecule has 9 nitrogen and oxygen atoms in total. The largest absolute Gasteiger partial charge is 0.482 e. The molecular formula is C29H32FN3O6. The normalized spacial score (nSPS) is 23.4. The second-order valence-corrected chi connectivity index (χ2v) is 10.2. The van der Waals surface area contributed by atoms with E-state index < -0.39 is 42.0 Å². The Hall–Kier alpha value is -4.02. The molecular weight excluding hydrogens is 505 g/mol. The second kappa shape index (κ2) is 10.6. The van der Waals surface area contributed by atoms with Gasteiger partial charge in [0.15, 0.2) is 0 Å². The van der Waals surface area contributed by atoms with Gasteiger partial charge in [0.25, 0.3) is 5.91 Å². The number of carboxylic acids is 1. The molecule has 0 spiro atoms. The zero-order valence-electron chi connectivity index (χ0n) is 21.0. The molecule has 2 amide bonds. The third kappa shape index (κ3) is 5.57. The van der Waals surface area contributed by atoms with Gasteiger partial charge in [-0.25, -0.2) is 4.39 Å². The smallest absolute Gasteiger partial charge is 0.322 e. The number of aliphatic hydroxyl groups excluding tert-OH is 1. The van der Waals surface area contributed by atoms with Crippen LogP contribution in [0.2, 0.25) is 0 Å². The first-order chi connectivity index (χ1) is 18.0. The highest BCUT2D eigenvalue weighted by Crippen LogP contribution is 2.44. The van der Waals surface area contributed by atoms with Crippen molar-refractivity contribution in [3.8, 4) is 0 Å². The predicted molar refractivity (Wildman–Crippen MR) is 144 cm³/mol. The minimum absolute atomic E-state index is 0. The molecule has 2 aromatic carbocycles. The average Bonchev–Trinajstić information content (AvgIpc) is 3.48. The van der Waals surface area contributed by atoms with Crippen molar-refractivity contribution in [3.05, 3.63) is 76.8 Å². The summed E-state index contributed by atoms with van der Waals surface area (Å²) in [6.45, 7) is 4.03. The molecule has 3 aliphatic rings. The topological polar surface area (TPSA) is 128 Å². The van der Waals surface area contributed by atoms with Crippen LogP contribution in [0.1, 0.15) is 44.4 Å². The minimum Gasteiger partial charge on any atom is -0.482 e. The van der Waals surface area contributed by atoms with Crippen molar-refractivity contribution in [1.29, 1.82) is 0 Å². The minimum atomic E-state index is -1.13. The first kappa shape index (κ1) is 28.0. The van der Waals surface area contributed by atoms with Gasteiger partial charge in [-0.15, -0.1) is 0 Å². The summed E-state index contributed by atoms with van der Waals surface area (Å²) in [5.41, 5.74) is 3.19. The molecule has 206 valence electrons. The van der Waals surface area contributed by atoms with Crippen molar-refractivity contribution >= 4 is 34.6 Å². The number of nitrogens with one attached hydrogen (secondary N) is 2. The van der Waals surface area contributed by atoms with Crippen LogP contribution in [0.5, 0.6) is 0 Å². The fourth-order valence-electron chi connectivity index (χ4n) is 5.23. The Kier molecular flexibility index (Phi) is 7.63. The summed E-state index contributed by atoms with van der Waals surface area (Å²) < 4.78 is 20.1. The lowest BCUT2D eigenvalue weighted by molar-refractivity contribution is -0.138. The number of carbonyl (C=O) groups is 3. The number of ether oxygens (including phenoxy) is 1. The summed E-state index contributed by atoms with van der Waals surface area (Å²) in [6, 6.07) is 11.2. The standard InChI is InChI=1S/C28H28FN3O6.CH4/c1-28(2)20(11-23(38-28)25-19-9-17(29)7-8-21(19)31-27(25)37)16-5-3-15(4-6-16)13-32-14-18(33)10-22(32)26(36)30-12-24(34)35;/h3-9,11,18,22,33H,10,12-14H2,1-2H3,(H,30,36)(H,31,37)(H,34,35);1H4/b25-23+;/t18-,22+;/m1./s1. The highest BCUT2D eigenvalue weighted by molar-refractivity contribution is 6.32. The zero-order chi connectivity index (χ0) is 27.2. The molecule has 0 bridgehead atoms. The maximum absolute atomic E-state index is 13.9. The Morgan fingerprint density at radius 1 is 1.21 bits per heavy atom. The van der Waals surface area contributed by atoms with Gasteiger partial charge in [-0.2, -0.15) is 0 Å². The van der Waals surface area contributed by atoms with Gasteiger partial charge in [0.05, 0.1) is 17.7 Å². The lowest BCUT2D eigenvalue weighted by Crippen LogP contribution is -2.44. The lowest BCUT2D eigenvalue weighted by atomic mass is 9.91. The third-order valence-corrected chi connectivity index (χ3v) is 7.01. The van der Waals surface area contributed by atoms with Crippen molar-refractivity contribution in [2.45, 2.75) is 52.0 Å². The van der Waals surface area contributed by atoms with Gasteiger partial charge < -0.3 is 25.6 Å². The van der Waals surface area contributed by atoms with Crippen LogP contribution in [-0.2, 0) is 25.7 Å². The van der Waals surface area contributed by atoms with Gasteiger partial charge in [0.1, 0.15) is 23.7 Å². The van der Waals surface area contributed by atoms with E-state index in [2.05, 4.69) is 10.6 Å². The molecule has 0 unspecified atom stereocenters. The SMILES string of the molecule is C.CC1(C)O/C(=C2/C(=O)Nc3ccc(F)cc32)C=C1c1ccc(CN2C[C@H](O)C[C@H]2C(=O)NCC(=O)O)cc1. The maximum Gasteiger partial charge on any atom is 0.322 e. The lowest BCUT2D eigenvalue weighted by Gasteiger charge is -2.25. The molecule has 0 aliphatic carbocycles. The van der Waals surface area contributed by atoms with E-state index in [9.17, 15) is 23.9 Å². The number of halogens is 1. The van der Waals surface area contributed by atoms with Gasteiger partial charge in [-0.1, -0.05) is 31.7 Å². The summed E-state index contributed by atoms with van der Waals surface area (Å²) in [6.07, 6.45) is 1.37. The molecule has 3 heterocycles. The molecule has 1 fully saturated rings. The van der Waals surface area contributed by atoms with Crippen LogP contribution in [-0.4, -0.2) is 63.7 Å². The molecule has 10 heteroatoms. The first-order valence-corrected chi connectivity index (χ1v) is 12.3. The van der Waals surface area contributed by atoms with Crippen LogP contribution in [0.25, 0.3) is 11.1 Å². The van der Waals surface area contributed by atoms with Crippen molar-refractivity contribution in [3.63, 3.8) is 0 Å². The van der Waals surface area contributed by atoms with Crippen molar-refractivity contribution in [2.75, 3.05) is 18.4 Å². The molecule has 0 radical (unpaired) electrons. The Labute approximate surface area is 226 Å². The van der Waals surface area contributed by atoms with E-state index in [4.69, 9.17) is 9.84 Å². The predicted octanol–water partition coefficient (Wildman–Crippen LogP) is 3.15. The van der Waals surface area contributed by atoms with E-state index in [0.717, 1.165) is 16.7 Å². The number of carbonyl (C=O) groups excluding carboxylic acids is 2. The van der Waals surface area contributed by atoms with Gasteiger partial charge in [0, 0.05) is 29.9 Å². The summed E-state index contributed by atoms with van der Waals surface area (Å²) in [7, 11) is 0. The number of fused-ring (bicyclic) bond motifs is 1. The number of aliphatic carboxylic acids is 1. The Balaban J connectivity index is 0.00000353. The number of allylic oxidation sites excluding steroid dienone is 1. The monoisotopic (exact) mass is 537 g/mol. The number of benzene rings is 2. The molecule has 0 saturated carbocycles. The van der Waals surface area contributed by atoms with Crippen molar-refractivity contribution in [1.82, 2.24) is 10.2 Å². The van der Waals surface area contributed by atoms with E-state index in [1.165, 1.54) is 18.2 Å². The molecule has 39 heavy (non-hydrogen) atoms.